The molecular weight excluding hydrogens is 355 g/mol. The Labute approximate surface area is 136 Å². The van der Waals surface area contributed by atoms with Crippen LogP contribution in [0.15, 0.2) is 28.7 Å². The van der Waals surface area contributed by atoms with Crippen molar-refractivity contribution in [3.63, 3.8) is 0 Å². The first-order valence-corrected chi connectivity index (χ1v) is 7.60. The van der Waals surface area contributed by atoms with E-state index in [1.165, 1.54) is 12.1 Å². The first-order chi connectivity index (χ1) is 9.86. The molecule has 0 fully saturated rings. The number of H-pyrrole nitrogens is 1. The molecule has 1 N–H and O–H groups in total. The predicted molar refractivity (Wildman–Crippen MR) is 86.4 cm³/mol. The van der Waals surface area contributed by atoms with Gasteiger partial charge in [0.2, 0.25) is 0 Å². The summed E-state index contributed by atoms with van der Waals surface area (Å²) >= 11 is 8.71. The van der Waals surface area contributed by atoms with Crippen molar-refractivity contribution >= 4 is 28.1 Å². The van der Waals surface area contributed by atoms with Crippen molar-refractivity contribution in [3.8, 4) is 0 Å². The molecule has 2 rings (SSSR count). The Morgan fingerprint density at radius 1 is 1.33 bits per heavy atom. The molecule has 0 aliphatic carbocycles. The molecule has 0 radical (unpaired) electrons. The number of benzene rings is 1. The Bertz CT molecular complexity index is 698. The second kappa shape index (κ2) is 6.34. The lowest BCUT2D eigenvalue weighted by Crippen LogP contribution is -2.23. The molecule has 0 atom stereocenters. The standard InChI is InChI=1S/C15H16BrFN2OS/c1-15(2,9-4-6-10(17)7-5-9)14-18-11(8-20-3)12(16)13(21)19-14/h4-7H,8H2,1-3H3,(H,18,19,21). The molecule has 2 aromatic rings. The Balaban J connectivity index is 2.53. The highest BCUT2D eigenvalue weighted by Gasteiger charge is 2.26. The van der Waals surface area contributed by atoms with Crippen LogP contribution in [-0.4, -0.2) is 17.1 Å². The summed E-state index contributed by atoms with van der Waals surface area (Å²) in [6.07, 6.45) is 0. The first-order valence-electron chi connectivity index (χ1n) is 6.40. The van der Waals surface area contributed by atoms with Gasteiger partial charge in [0.25, 0.3) is 0 Å². The summed E-state index contributed by atoms with van der Waals surface area (Å²) in [5.41, 5.74) is 1.36. The highest BCUT2D eigenvalue weighted by Crippen LogP contribution is 2.30. The Kier molecular flexibility index (Phi) is 4.91. The van der Waals surface area contributed by atoms with Gasteiger partial charge in [0.1, 0.15) is 16.3 Å². The van der Waals surface area contributed by atoms with Crippen LogP contribution in [0.25, 0.3) is 0 Å². The minimum absolute atomic E-state index is 0.258. The van der Waals surface area contributed by atoms with Gasteiger partial charge in [0.15, 0.2) is 0 Å². The zero-order chi connectivity index (χ0) is 15.6. The zero-order valence-electron chi connectivity index (χ0n) is 12.0. The minimum Gasteiger partial charge on any atom is -0.378 e. The minimum atomic E-state index is -0.426. The number of rotatable bonds is 4. The van der Waals surface area contributed by atoms with E-state index in [9.17, 15) is 4.39 Å². The molecule has 0 aliphatic heterocycles. The monoisotopic (exact) mass is 370 g/mol. The molecule has 1 heterocycles. The molecule has 112 valence electrons. The molecule has 6 heteroatoms. The van der Waals surface area contributed by atoms with Gasteiger partial charge in [0, 0.05) is 12.5 Å². The van der Waals surface area contributed by atoms with Crippen LogP contribution in [0.4, 0.5) is 4.39 Å². The molecule has 0 spiro atoms. The van der Waals surface area contributed by atoms with Crippen LogP contribution in [0.2, 0.25) is 0 Å². The maximum atomic E-state index is 13.1. The number of hydrogen-bond donors (Lipinski definition) is 1. The number of ether oxygens (including phenoxy) is 1. The molecule has 3 nitrogen and oxygen atoms in total. The average molecular weight is 371 g/mol. The van der Waals surface area contributed by atoms with Crippen molar-refractivity contribution in [2.45, 2.75) is 25.9 Å². The Hall–Kier alpha value is -1.11. The summed E-state index contributed by atoms with van der Waals surface area (Å²) in [6, 6.07) is 6.40. The van der Waals surface area contributed by atoms with E-state index in [0.717, 1.165) is 15.7 Å². The van der Waals surface area contributed by atoms with Crippen LogP contribution >= 0.6 is 28.1 Å². The molecular formula is C15H16BrFN2OS. The maximum absolute atomic E-state index is 13.1. The number of aromatic amines is 1. The molecule has 0 amide bonds. The van der Waals surface area contributed by atoms with E-state index in [0.29, 0.717) is 17.1 Å². The van der Waals surface area contributed by atoms with Gasteiger partial charge >= 0.3 is 0 Å². The van der Waals surface area contributed by atoms with Crippen LogP contribution in [0.3, 0.4) is 0 Å². The number of methoxy groups -OCH3 is 1. The Morgan fingerprint density at radius 3 is 2.52 bits per heavy atom. The third kappa shape index (κ3) is 3.39. The fourth-order valence-corrected chi connectivity index (χ4v) is 2.57. The Morgan fingerprint density at radius 2 is 1.95 bits per heavy atom. The number of nitrogens with one attached hydrogen (secondary N) is 1. The SMILES string of the molecule is COCc1[nH]c(C(C)(C)c2ccc(F)cc2)nc(=S)c1Br. The van der Waals surface area contributed by atoms with Crippen LogP contribution in [-0.2, 0) is 16.8 Å². The van der Waals surface area contributed by atoms with Gasteiger partial charge in [-0.2, -0.15) is 0 Å². The lowest BCUT2D eigenvalue weighted by atomic mass is 9.83. The van der Waals surface area contributed by atoms with Crippen molar-refractivity contribution in [2.24, 2.45) is 0 Å². The smallest absolute Gasteiger partial charge is 0.144 e. The van der Waals surface area contributed by atoms with Crippen molar-refractivity contribution in [3.05, 3.63) is 56.3 Å². The lowest BCUT2D eigenvalue weighted by molar-refractivity contribution is 0.180. The second-order valence-electron chi connectivity index (χ2n) is 5.25. The molecule has 21 heavy (non-hydrogen) atoms. The fraction of sp³-hybridized carbons (Fsp3) is 0.333. The highest BCUT2D eigenvalue weighted by atomic mass is 79.9. The van der Waals surface area contributed by atoms with Crippen LogP contribution < -0.4 is 0 Å². The molecule has 0 unspecified atom stereocenters. The molecule has 1 aromatic carbocycles. The van der Waals surface area contributed by atoms with Gasteiger partial charge < -0.3 is 9.72 Å². The first kappa shape index (κ1) is 16.3. The molecule has 0 aliphatic rings. The normalized spacial score (nSPS) is 11.7. The van der Waals surface area contributed by atoms with E-state index >= 15 is 0 Å². The van der Waals surface area contributed by atoms with Crippen molar-refractivity contribution in [1.82, 2.24) is 9.97 Å². The van der Waals surface area contributed by atoms with E-state index in [4.69, 9.17) is 17.0 Å². The van der Waals surface area contributed by atoms with Gasteiger partial charge in [-0.05, 0) is 47.5 Å². The van der Waals surface area contributed by atoms with Crippen molar-refractivity contribution in [2.75, 3.05) is 7.11 Å². The summed E-state index contributed by atoms with van der Waals surface area (Å²) in [5, 5.41) is 0. The predicted octanol–water partition coefficient (Wildman–Crippen LogP) is 4.51. The van der Waals surface area contributed by atoms with Gasteiger partial charge in [-0.25, -0.2) is 9.37 Å². The summed E-state index contributed by atoms with van der Waals surface area (Å²) in [6.45, 7) is 4.43. The topological polar surface area (TPSA) is 37.9 Å². The third-order valence-electron chi connectivity index (χ3n) is 3.38. The lowest BCUT2D eigenvalue weighted by Gasteiger charge is -2.25. The third-order valence-corrected chi connectivity index (χ3v) is 4.79. The number of aromatic nitrogens is 2. The van der Waals surface area contributed by atoms with E-state index < -0.39 is 5.41 Å². The zero-order valence-corrected chi connectivity index (χ0v) is 14.4. The van der Waals surface area contributed by atoms with E-state index in [2.05, 4.69) is 25.9 Å². The summed E-state index contributed by atoms with van der Waals surface area (Å²) < 4.78 is 19.5. The molecule has 0 saturated heterocycles. The fourth-order valence-electron chi connectivity index (χ4n) is 2.05. The molecule has 0 saturated carbocycles. The van der Waals surface area contributed by atoms with Crippen molar-refractivity contribution in [1.29, 1.82) is 0 Å². The van der Waals surface area contributed by atoms with Gasteiger partial charge in [0.05, 0.1) is 16.8 Å². The van der Waals surface area contributed by atoms with E-state index in [1.54, 1.807) is 19.2 Å². The number of halogens is 2. The van der Waals surface area contributed by atoms with E-state index in [-0.39, 0.29) is 5.82 Å². The van der Waals surface area contributed by atoms with Gasteiger partial charge in [-0.3, -0.25) is 0 Å². The van der Waals surface area contributed by atoms with E-state index in [1.807, 2.05) is 13.8 Å². The molecule has 0 bridgehead atoms. The second-order valence-corrected chi connectivity index (χ2v) is 6.43. The molecule has 1 aromatic heterocycles. The maximum Gasteiger partial charge on any atom is 0.144 e. The number of hydrogen-bond acceptors (Lipinski definition) is 3. The van der Waals surface area contributed by atoms with Crippen molar-refractivity contribution < 1.29 is 9.13 Å². The largest absolute Gasteiger partial charge is 0.378 e. The van der Waals surface area contributed by atoms with Crippen LogP contribution in [0.1, 0.15) is 30.9 Å². The quantitative estimate of drug-likeness (QED) is 0.804. The average Bonchev–Trinajstić information content (AvgIpc) is 2.44. The summed E-state index contributed by atoms with van der Waals surface area (Å²) in [4.78, 5) is 7.71. The summed E-state index contributed by atoms with van der Waals surface area (Å²) in [7, 11) is 1.62. The highest BCUT2D eigenvalue weighted by molar-refractivity contribution is 9.10. The van der Waals surface area contributed by atoms with Crippen LogP contribution in [0, 0.1) is 10.5 Å². The van der Waals surface area contributed by atoms with Gasteiger partial charge in [-0.15, -0.1) is 0 Å². The van der Waals surface area contributed by atoms with Crippen LogP contribution in [0.5, 0.6) is 0 Å². The van der Waals surface area contributed by atoms with Gasteiger partial charge in [-0.1, -0.05) is 24.4 Å². The number of nitrogens with zero attached hydrogens (tertiary/aromatic N) is 1. The summed E-state index contributed by atoms with van der Waals surface area (Å²) in [5.74, 6) is 0.459.